The molecule has 0 amide bonds. The first-order valence-electron chi connectivity index (χ1n) is 8.51. The summed E-state index contributed by atoms with van der Waals surface area (Å²) in [6, 6.07) is 10.4. The zero-order chi connectivity index (χ0) is 17.6. The van der Waals surface area contributed by atoms with E-state index in [-0.39, 0.29) is 5.56 Å². The Kier molecular flexibility index (Phi) is 3.71. The van der Waals surface area contributed by atoms with E-state index in [0.29, 0.717) is 11.0 Å². The molecule has 1 saturated heterocycles. The molecule has 3 heterocycles. The maximum Gasteiger partial charge on any atom is 0.280 e. The summed E-state index contributed by atoms with van der Waals surface area (Å²) < 4.78 is 3.26. The highest BCUT2D eigenvalue weighted by atomic mass is 16.1. The molecule has 0 unspecified atom stereocenters. The standard InChI is InChI=1S/C18H22N6O/c1-13-15-16(22(3)20-13)17(25)21(2)18(19-15)24-11-9-23(10-12-24)14-7-5-4-6-8-14/h4-8H,9-12H2,1-3H3. The number of fused-ring (bicyclic) bond motifs is 1. The predicted molar refractivity (Wildman–Crippen MR) is 99.4 cm³/mol. The number of hydrogen-bond acceptors (Lipinski definition) is 5. The summed E-state index contributed by atoms with van der Waals surface area (Å²) in [7, 11) is 3.58. The lowest BCUT2D eigenvalue weighted by molar-refractivity contribution is 0.622. The lowest BCUT2D eigenvalue weighted by atomic mass is 10.2. The number of benzene rings is 1. The van der Waals surface area contributed by atoms with Crippen molar-refractivity contribution in [3.8, 4) is 0 Å². The highest BCUT2D eigenvalue weighted by Gasteiger charge is 2.23. The van der Waals surface area contributed by atoms with Gasteiger partial charge >= 0.3 is 0 Å². The summed E-state index contributed by atoms with van der Waals surface area (Å²) in [5, 5.41) is 4.34. The molecule has 1 aliphatic rings. The molecule has 0 aliphatic carbocycles. The van der Waals surface area contributed by atoms with Crippen molar-refractivity contribution < 1.29 is 0 Å². The van der Waals surface area contributed by atoms with Gasteiger partial charge in [0.05, 0.1) is 5.69 Å². The van der Waals surface area contributed by atoms with Crippen LogP contribution in [0.25, 0.3) is 11.0 Å². The van der Waals surface area contributed by atoms with E-state index in [4.69, 9.17) is 4.98 Å². The van der Waals surface area contributed by atoms with Crippen LogP contribution in [0.4, 0.5) is 11.6 Å². The minimum absolute atomic E-state index is 0.0476. The first kappa shape index (κ1) is 15.7. The van der Waals surface area contributed by atoms with Gasteiger partial charge in [-0.05, 0) is 19.1 Å². The normalized spacial score (nSPS) is 15.2. The van der Waals surface area contributed by atoms with Crippen molar-refractivity contribution in [2.75, 3.05) is 36.0 Å². The van der Waals surface area contributed by atoms with Gasteiger partial charge in [-0.3, -0.25) is 14.0 Å². The van der Waals surface area contributed by atoms with Crippen molar-refractivity contribution in [3.63, 3.8) is 0 Å². The lowest BCUT2D eigenvalue weighted by Crippen LogP contribution is -2.48. The van der Waals surface area contributed by atoms with E-state index >= 15 is 0 Å². The molecule has 4 rings (SSSR count). The number of anilines is 2. The van der Waals surface area contributed by atoms with Crippen LogP contribution in [0.15, 0.2) is 35.1 Å². The Bertz CT molecular complexity index is 967. The highest BCUT2D eigenvalue weighted by molar-refractivity contribution is 5.77. The van der Waals surface area contributed by atoms with Crippen molar-refractivity contribution in [1.29, 1.82) is 0 Å². The minimum atomic E-state index is -0.0476. The van der Waals surface area contributed by atoms with E-state index < -0.39 is 0 Å². The third kappa shape index (κ3) is 2.56. The highest BCUT2D eigenvalue weighted by Crippen LogP contribution is 2.20. The summed E-state index contributed by atoms with van der Waals surface area (Å²) in [6.45, 7) is 5.37. The number of para-hydroxylation sites is 1. The Balaban J connectivity index is 1.64. The summed E-state index contributed by atoms with van der Waals surface area (Å²) in [4.78, 5) is 22.1. The van der Waals surface area contributed by atoms with Crippen LogP contribution in [0.3, 0.4) is 0 Å². The molecular formula is C18H22N6O. The van der Waals surface area contributed by atoms with E-state index in [1.165, 1.54) is 5.69 Å². The van der Waals surface area contributed by atoms with Crippen LogP contribution in [0.5, 0.6) is 0 Å². The quantitative estimate of drug-likeness (QED) is 0.705. The smallest absolute Gasteiger partial charge is 0.280 e. The van der Waals surface area contributed by atoms with Crippen LogP contribution in [0.2, 0.25) is 0 Å². The monoisotopic (exact) mass is 338 g/mol. The Labute approximate surface area is 146 Å². The fourth-order valence-corrected chi connectivity index (χ4v) is 3.53. The SMILES string of the molecule is Cc1nn(C)c2c(=O)n(C)c(N3CCN(c4ccccc4)CC3)nc12. The first-order valence-corrected chi connectivity index (χ1v) is 8.51. The zero-order valence-corrected chi connectivity index (χ0v) is 14.8. The molecule has 0 radical (unpaired) electrons. The van der Waals surface area contributed by atoms with E-state index in [1.54, 1.807) is 23.3 Å². The van der Waals surface area contributed by atoms with Gasteiger partial charge in [0.25, 0.3) is 5.56 Å². The van der Waals surface area contributed by atoms with Gasteiger partial charge in [-0.25, -0.2) is 4.98 Å². The van der Waals surface area contributed by atoms with Gasteiger partial charge in [0.2, 0.25) is 5.95 Å². The first-order chi connectivity index (χ1) is 12.1. The predicted octanol–water partition coefficient (Wildman–Crippen LogP) is 1.30. The molecule has 0 spiro atoms. The van der Waals surface area contributed by atoms with Crippen LogP contribution in [-0.4, -0.2) is 45.5 Å². The van der Waals surface area contributed by atoms with E-state index in [0.717, 1.165) is 37.8 Å². The van der Waals surface area contributed by atoms with Crippen LogP contribution in [0.1, 0.15) is 5.69 Å². The van der Waals surface area contributed by atoms with Gasteiger partial charge in [0.1, 0.15) is 5.52 Å². The summed E-state index contributed by atoms with van der Waals surface area (Å²) in [5.74, 6) is 0.723. The molecule has 25 heavy (non-hydrogen) atoms. The van der Waals surface area contributed by atoms with Crippen molar-refractivity contribution in [2.45, 2.75) is 6.92 Å². The van der Waals surface area contributed by atoms with Gasteiger partial charge in [-0.15, -0.1) is 0 Å². The number of aromatic nitrogens is 4. The Morgan fingerprint density at radius 2 is 1.60 bits per heavy atom. The second-order valence-corrected chi connectivity index (χ2v) is 6.49. The Hall–Kier alpha value is -2.83. The van der Waals surface area contributed by atoms with Gasteiger partial charge in [-0.1, -0.05) is 18.2 Å². The summed E-state index contributed by atoms with van der Waals surface area (Å²) in [5.41, 5.74) is 3.24. The molecule has 1 aliphatic heterocycles. The molecule has 7 nitrogen and oxygen atoms in total. The number of nitrogens with zero attached hydrogens (tertiary/aromatic N) is 6. The van der Waals surface area contributed by atoms with Crippen molar-refractivity contribution in [3.05, 3.63) is 46.4 Å². The maximum absolute atomic E-state index is 12.7. The van der Waals surface area contributed by atoms with E-state index in [2.05, 4.69) is 39.2 Å². The van der Waals surface area contributed by atoms with Crippen molar-refractivity contribution in [1.82, 2.24) is 19.3 Å². The molecule has 130 valence electrons. The summed E-state index contributed by atoms with van der Waals surface area (Å²) >= 11 is 0. The fourth-order valence-electron chi connectivity index (χ4n) is 3.53. The average Bonchev–Trinajstić information content (AvgIpc) is 2.93. The van der Waals surface area contributed by atoms with Crippen molar-refractivity contribution >= 4 is 22.7 Å². The molecule has 7 heteroatoms. The van der Waals surface area contributed by atoms with Gasteiger partial charge in [-0.2, -0.15) is 5.10 Å². The van der Waals surface area contributed by atoms with Crippen LogP contribution in [0, 0.1) is 6.92 Å². The molecule has 0 atom stereocenters. The maximum atomic E-state index is 12.7. The summed E-state index contributed by atoms with van der Waals surface area (Å²) in [6.07, 6.45) is 0. The molecule has 0 bridgehead atoms. The number of rotatable bonds is 2. The average molecular weight is 338 g/mol. The number of aryl methyl sites for hydroxylation is 2. The van der Waals surface area contributed by atoms with Crippen molar-refractivity contribution in [2.24, 2.45) is 14.1 Å². The van der Waals surface area contributed by atoms with Crippen LogP contribution >= 0.6 is 0 Å². The molecular weight excluding hydrogens is 316 g/mol. The zero-order valence-electron chi connectivity index (χ0n) is 14.8. The van der Waals surface area contributed by atoms with Crippen LogP contribution in [-0.2, 0) is 14.1 Å². The van der Waals surface area contributed by atoms with Gasteiger partial charge in [0.15, 0.2) is 5.52 Å². The van der Waals surface area contributed by atoms with E-state index in [1.807, 2.05) is 13.0 Å². The molecule has 3 aromatic rings. The van der Waals surface area contributed by atoms with Crippen LogP contribution < -0.4 is 15.4 Å². The molecule has 1 fully saturated rings. The third-order valence-corrected chi connectivity index (χ3v) is 4.89. The second-order valence-electron chi connectivity index (χ2n) is 6.49. The number of piperazine rings is 1. The largest absolute Gasteiger partial charge is 0.368 e. The molecule has 1 aromatic carbocycles. The molecule has 0 N–H and O–H groups in total. The van der Waals surface area contributed by atoms with E-state index in [9.17, 15) is 4.79 Å². The Morgan fingerprint density at radius 1 is 0.960 bits per heavy atom. The second kappa shape index (κ2) is 5.91. The number of hydrogen-bond donors (Lipinski definition) is 0. The topological polar surface area (TPSA) is 59.2 Å². The fraction of sp³-hybridized carbons (Fsp3) is 0.389. The molecule has 0 saturated carbocycles. The third-order valence-electron chi connectivity index (χ3n) is 4.89. The Morgan fingerprint density at radius 3 is 2.28 bits per heavy atom. The lowest BCUT2D eigenvalue weighted by Gasteiger charge is -2.37. The molecule has 2 aromatic heterocycles. The van der Waals surface area contributed by atoms with Gasteiger partial charge < -0.3 is 9.80 Å². The van der Waals surface area contributed by atoms with Gasteiger partial charge in [0, 0.05) is 46.0 Å². The minimum Gasteiger partial charge on any atom is -0.368 e.